The highest BCUT2D eigenvalue weighted by Crippen LogP contribution is 2.17. The predicted octanol–water partition coefficient (Wildman–Crippen LogP) is 22.9. The molecule has 0 radical (unpaired) electrons. The Kier molecular flexibility index (Phi) is 62.6. The summed E-state index contributed by atoms with van der Waals surface area (Å²) in [5.41, 5.74) is 0. The molecule has 0 fully saturated rings. The Hall–Kier alpha value is -2.63. The van der Waals surface area contributed by atoms with Gasteiger partial charge in [-0.2, -0.15) is 0 Å². The largest absolute Gasteiger partial charge is 0.462 e. The molecule has 1 atom stereocenters. The van der Waals surface area contributed by atoms with Crippen LogP contribution in [0.4, 0.5) is 0 Å². The van der Waals surface area contributed by atoms with Crippen molar-refractivity contribution in [1.82, 2.24) is 0 Å². The number of carbonyl (C=O) groups excluding carboxylic acids is 3. The van der Waals surface area contributed by atoms with Gasteiger partial charge >= 0.3 is 17.9 Å². The summed E-state index contributed by atoms with van der Waals surface area (Å²) >= 11 is 0. The molecule has 0 aromatic carbocycles. The van der Waals surface area contributed by atoms with Crippen molar-refractivity contribution in [3.63, 3.8) is 0 Å². The molecule has 0 rings (SSSR count). The zero-order valence-electron chi connectivity index (χ0n) is 51.0. The number of hydrogen-bond acceptors (Lipinski definition) is 6. The Balaban J connectivity index is 4.11. The fourth-order valence-corrected chi connectivity index (χ4v) is 9.92. The topological polar surface area (TPSA) is 78.9 Å². The third-order valence-electron chi connectivity index (χ3n) is 15.0. The molecule has 1 unspecified atom stereocenters. The molecule has 0 aromatic rings. The summed E-state index contributed by atoms with van der Waals surface area (Å²) in [5, 5.41) is 0. The lowest BCUT2D eigenvalue weighted by Crippen LogP contribution is -2.30. The Bertz CT molecular complexity index is 1310. The van der Waals surface area contributed by atoms with Crippen molar-refractivity contribution in [3.05, 3.63) is 48.6 Å². The molecule has 0 heterocycles. The van der Waals surface area contributed by atoms with Crippen molar-refractivity contribution in [2.45, 2.75) is 367 Å². The number of carbonyl (C=O) groups is 3. The van der Waals surface area contributed by atoms with Crippen molar-refractivity contribution in [2.75, 3.05) is 13.2 Å². The molecule has 0 aliphatic heterocycles. The van der Waals surface area contributed by atoms with Crippen LogP contribution in [-0.4, -0.2) is 37.2 Å². The first-order chi connectivity index (χ1) is 37.5. The van der Waals surface area contributed by atoms with Crippen LogP contribution in [0.3, 0.4) is 0 Å². The first kappa shape index (κ1) is 73.4. The van der Waals surface area contributed by atoms with E-state index in [1.54, 1.807) is 0 Å². The predicted molar refractivity (Wildman–Crippen MR) is 330 cm³/mol. The molecule has 0 bridgehead atoms. The van der Waals surface area contributed by atoms with Gasteiger partial charge in [0, 0.05) is 19.3 Å². The lowest BCUT2D eigenvalue weighted by Gasteiger charge is -2.18. The van der Waals surface area contributed by atoms with Crippen molar-refractivity contribution >= 4 is 17.9 Å². The molecule has 0 saturated carbocycles. The molecule has 0 amide bonds. The van der Waals surface area contributed by atoms with E-state index >= 15 is 0 Å². The quantitative estimate of drug-likeness (QED) is 0.0261. The van der Waals surface area contributed by atoms with E-state index in [2.05, 4.69) is 69.4 Å². The van der Waals surface area contributed by atoms with Gasteiger partial charge in [0.25, 0.3) is 0 Å². The molecule has 6 heteroatoms. The SMILES string of the molecule is CCCC/C=C\CCCCCCCC(=O)OCC(COC(=O)CCCCCCCCCCCCCCCCCCCCC/C=C\C/C=C\CCCCCCC)OC(=O)CCCCCCC/C=C\CCCCCCCCC. The molecular formula is C70H128O6. The van der Waals surface area contributed by atoms with E-state index in [-0.39, 0.29) is 31.1 Å². The van der Waals surface area contributed by atoms with Gasteiger partial charge < -0.3 is 14.2 Å². The minimum Gasteiger partial charge on any atom is -0.462 e. The van der Waals surface area contributed by atoms with Crippen LogP contribution in [0, 0.1) is 0 Å². The van der Waals surface area contributed by atoms with Gasteiger partial charge in [-0.05, 0) is 96.3 Å². The zero-order chi connectivity index (χ0) is 55.0. The first-order valence-corrected chi connectivity index (χ1v) is 33.6. The molecule has 444 valence electrons. The highest BCUT2D eigenvalue weighted by atomic mass is 16.6. The Labute approximate surface area is 473 Å². The highest BCUT2D eigenvalue weighted by Gasteiger charge is 2.19. The van der Waals surface area contributed by atoms with Gasteiger partial charge in [-0.25, -0.2) is 0 Å². The number of allylic oxidation sites excluding steroid dienone is 8. The van der Waals surface area contributed by atoms with Crippen molar-refractivity contribution in [2.24, 2.45) is 0 Å². The maximum Gasteiger partial charge on any atom is 0.306 e. The lowest BCUT2D eigenvalue weighted by atomic mass is 10.0. The van der Waals surface area contributed by atoms with E-state index in [0.29, 0.717) is 19.3 Å². The van der Waals surface area contributed by atoms with Crippen molar-refractivity contribution in [1.29, 1.82) is 0 Å². The van der Waals surface area contributed by atoms with Gasteiger partial charge in [0.05, 0.1) is 0 Å². The van der Waals surface area contributed by atoms with E-state index in [4.69, 9.17) is 14.2 Å². The Morgan fingerprint density at radius 3 is 0.776 bits per heavy atom. The number of hydrogen-bond donors (Lipinski definition) is 0. The smallest absolute Gasteiger partial charge is 0.306 e. The van der Waals surface area contributed by atoms with E-state index < -0.39 is 6.10 Å². The summed E-state index contributed by atoms with van der Waals surface area (Å²) in [4.78, 5) is 38.2. The van der Waals surface area contributed by atoms with Gasteiger partial charge in [0.1, 0.15) is 13.2 Å². The fraction of sp³-hybridized carbons (Fsp3) is 0.843. The van der Waals surface area contributed by atoms with Crippen LogP contribution >= 0.6 is 0 Å². The molecule has 0 aliphatic rings. The Morgan fingerprint density at radius 1 is 0.263 bits per heavy atom. The molecule has 0 aliphatic carbocycles. The van der Waals surface area contributed by atoms with Gasteiger partial charge in [0.2, 0.25) is 0 Å². The van der Waals surface area contributed by atoms with Crippen molar-refractivity contribution < 1.29 is 28.6 Å². The van der Waals surface area contributed by atoms with E-state index in [1.165, 1.54) is 244 Å². The van der Waals surface area contributed by atoms with E-state index in [1.807, 2.05) is 0 Å². The zero-order valence-corrected chi connectivity index (χ0v) is 51.0. The monoisotopic (exact) mass is 1060 g/mol. The molecule has 0 spiro atoms. The average Bonchev–Trinajstić information content (AvgIpc) is 3.42. The molecule has 76 heavy (non-hydrogen) atoms. The normalized spacial score (nSPS) is 12.3. The lowest BCUT2D eigenvalue weighted by molar-refractivity contribution is -0.167. The van der Waals surface area contributed by atoms with Gasteiger partial charge in [-0.15, -0.1) is 0 Å². The first-order valence-electron chi connectivity index (χ1n) is 33.6. The highest BCUT2D eigenvalue weighted by molar-refractivity contribution is 5.71. The third kappa shape index (κ3) is 62.2. The second-order valence-corrected chi connectivity index (χ2v) is 22.7. The third-order valence-corrected chi connectivity index (χ3v) is 15.0. The van der Waals surface area contributed by atoms with Crippen LogP contribution in [-0.2, 0) is 28.6 Å². The molecular weight excluding hydrogens is 937 g/mol. The van der Waals surface area contributed by atoms with Crippen LogP contribution < -0.4 is 0 Å². The standard InChI is InChI=1S/C70H128O6/c1-4-7-10-13-16-19-22-24-26-28-29-30-31-32-33-34-35-36-37-38-39-40-41-42-44-45-48-51-54-57-60-63-69(72)75-66-67(65-74-68(71)62-59-56-53-50-47-21-18-15-12-9-6-3)76-70(73)64-61-58-55-52-49-46-43-27-25-23-20-17-14-11-8-5-2/h15,18,22,24,27-29,43,67H,4-14,16-17,19-21,23,25-26,30-42,44-66H2,1-3H3/b18-15-,24-22-,29-28-,43-27-. The van der Waals surface area contributed by atoms with Crippen LogP contribution in [0.25, 0.3) is 0 Å². The summed E-state index contributed by atoms with van der Waals surface area (Å²) in [5.74, 6) is -0.874. The van der Waals surface area contributed by atoms with E-state index in [0.717, 1.165) is 77.0 Å². The number of unbranched alkanes of at least 4 members (excludes halogenated alkanes) is 43. The molecule has 0 N–H and O–H groups in total. The van der Waals surface area contributed by atoms with Crippen LogP contribution in [0.5, 0.6) is 0 Å². The average molecular weight is 1070 g/mol. The number of esters is 3. The van der Waals surface area contributed by atoms with Gasteiger partial charge in [0.15, 0.2) is 6.10 Å². The van der Waals surface area contributed by atoms with Crippen LogP contribution in [0.15, 0.2) is 48.6 Å². The summed E-state index contributed by atoms with van der Waals surface area (Å²) in [7, 11) is 0. The fourth-order valence-electron chi connectivity index (χ4n) is 9.92. The summed E-state index contributed by atoms with van der Waals surface area (Å²) in [6.45, 7) is 6.62. The second kappa shape index (κ2) is 64.9. The number of ether oxygens (including phenoxy) is 3. The molecule has 0 saturated heterocycles. The van der Waals surface area contributed by atoms with Gasteiger partial charge in [-0.1, -0.05) is 294 Å². The second-order valence-electron chi connectivity index (χ2n) is 22.7. The minimum absolute atomic E-state index is 0.0754. The van der Waals surface area contributed by atoms with Crippen LogP contribution in [0.2, 0.25) is 0 Å². The van der Waals surface area contributed by atoms with E-state index in [9.17, 15) is 14.4 Å². The summed E-state index contributed by atoms with van der Waals surface area (Å²) < 4.78 is 16.9. The summed E-state index contributed by atoms with van der Waals surface area (Å²) in [6.07, 6.45) is 81.5. The molecule has 0 aromatic heterocycles. The maximum atomic E-state index is 12.9. The number of rotatable bonds is 62. The maximum absolute atomic E-state index is 12.9. The van der Waals surface area contributed by atoms with Crippen LogP contribution in [0.1, 0.15) is 361 Å². The van der Waals surface area contributed by atoms with Gasteiger partial charge in [-0.3, -0.25) is 14.4 Å². The Morgan fingerprint density at radius 2 is 0.487 bits per heavy atom. The molecule has 6 nitrogen and oxygen atoms in total. The minimum atomic E-state index is -0.779. The summed E-state index contributed by atoms with van der Waals surface area (Å²) in [6, 6.07) is 0. The van der Waals surface area contributed by atoms with Crippen molar-refractivity contribution in [3.8, 4) is 0 Å².